The third kappa shape index (κ3) is 8.87. The predicted octanol–water partition coefficient (Wildman–Crippen LogP) is 10.3. The molecule has 63 heavy (non-hydrogen) atoms. The summed E-state index contributed by atoms with van der Waals surface area (Å²) in [5.41, 5.74) is 7.95. The number of aromatic nitrogens is 3. The van der Waals surface area contributed by atoms with E-state index in [1.165, 1.54) is 11.3 Å². The molecule has 4 aliphatic heterocycles. The zero-order valence-corrected chi connectivity index (χ0v) is 39.5. The molecule has 0 bridgehead atoms. The number of alkyl halides is 2. The molecule has 6 heterocycles. The first-order valence-corrected chi connectivity index (χ1v) is 25.8. The Hall–Kier alpha value is -4.78. The molecule has 16 heteroatoms. The molecule has 0 aliphatic carbocycles. The second-order valence-electron chi connectivity index (χ2n) is 16.2. The minimum atomic E-state index is -2.71. The van der Waals surface area contributed by atoms with E-state index in [1.807, 2.05) is 68.3 Å². The molecule has 0 spiro atoms. The summed E-state index contributed by atoms with van der Waals surface area (Å²) in [5.74, 6) is 0.775. The molecule has 2 amide bonds. The third-order valence-electron chi connectivity index (χ3n) is 12.4. The van der Waals surface area contributed by atoms with E-state index in [-0.39, 0.29) is 27.3 Å². The number of fused-ring (bicyclic) bond motifs is 4. The number of anilines is 4. The average molecular weight is 993 g/mol. The second kappa shape index (κ2) is 19.1. The number of carbonyl (C=O) groups excluding carboxylic acids is 3. The molecule has 12 nitrogen and oxygen atoms in total. The fourth-order valence-electron chi connectivity index (χ4n) is 8.92. The molecule has 3 aromatic carbocycles. The van der Waals surface area contributed by atoms with Crippen molar-refractivity contribution in [3.05, 3.63) is 92.3 Å². The predicted molar refractivity (Wildman–Crippen MR) is 254 cm³/mol. The van der Waals surface area contributed by atoms with E-state index in [0.717, 1.165) is 85.5 Å². The summed E-state index contributed by atoms with van der Waals surface area (Å²) in [5, 5.41) is 11.9. The number of nitrogens with zero attached hydrogens (tertiary/aromatic N) is 6. The van der Waals surface area contributed by atoms with Gasteiger partial charge in [0.05, 0.1) is 12.6 Å². The van der Waals surface area contributed by atoms with Crippen LogP contribution in [0.25, 0.3) is 21.3 Å². The summed E-state index contributed by atoms with van der Waals surface area (Å²) < 4.78 is 42.6. The van der Waals surface area contributed by atoms with Crippen LogP contribution in [0.3, 0.4) is 0 Å². The number of carbonyl (C=O) groups is 3. The number of hydrogen-bond donors (Lipinski definition) is 2. The minimum absolute atomic E-state index is 0.0138. The van der Waals surface area contributed by atoms with Crippen molar-refractivity contribution in [3.63, 3.8) is 0 Å². The van der Waals surface area contributed by atoms with Gasteiger partial charge in [0.1, 0.15) is 0 Å². The van der Waals surface area contributed by atoms with Gasteiger partial charge in [0, 0.05) is 56.6 Å². The SMILES string of the molecule is C=C(CCC(C)N(C)I1C(=O)c2cc(Nc3nc4ccc(-c5cc6c(cc5C(F)F)N(c5nn(C7CCOCC7)c7c5CN(C(C)=O)CC7)CCC6)cc4s3)ccc21)NC=O.CC. The molecule has 1 atom stereocenters. The van der Waals surface area contributed by atoms with Crippen molar-refractivity contribution < 1.29 is 27.9 Å². The van der Waals surface area contributed by atoms with Crippen LogP contribution in [0, 0.1) is 3.57 Å². The molecule has 2 aromatic heterocycles. The van der Waals surface area contributed by atoms with Crippen LogP contribution in [0.5, 0.6) is 0 Å². The van der Waals surface area contributed by atoms with Gasteiger partial charge in [-0.15, -0.1) is 0 Å². The number of benzene rings is 3. The number of halogens is 3. The van der Waals surface area contributed by atoms with Crippen LogP contribution in [-0.2, 0) is 33.7 Å². The summed E-state index contributed by atoms with van der Waals surface area (Å²) in [6.45, 7) is 14.6. The van der Waals surface area contributed by atoms with Crippen LogP contribution in [0.4, 0.5) is 31.1 Å². The Bertz CT molecular complexity index is 2560. The van der Waals surface area contributed by atoms with Crippen molar-refractivity contribution in [2.24, 2.45) is 0 Å². The van der Waals surface area contributed by atoms with E-state index in [0.29, 0.717) is 74.1 Å². The summed E-state index contributed by atoms with van der Waals surface area (Å²) in [6.07, 6.45) is 3.37. The summed E-state index contributed by atoms with van der Waals surface area (Å²) in [4.78, 5) is 45.4. The van der Waals surface area contributed by atoms with Crippen LogP contribution < -0.4 is 15.5 Å². The maximum Gasteiger partial charge on any atom is -0.0683 e. The van der Waals surface area contributed by atoms with Gasteiger partial charge in [-0.3, -0.25) is 9.48 Å². The maximum absolute atomic E-state index is 15.2. The van der Waals surface area contributed by atoms with Crippen LogP contribution in [0.1, 0.15) is 105 Å². The molecular weight excluding hydrogens is 938 g/mol. The van der Waals surface area contributed by atoms with Crippen LogP contribution in [0.15, 0.2) is 60.8 Å². The zero-order valence-electron chi connectivity index (χ0n) is 36.5. The van der Waals surface area contributed by atoms with Gasteiger partial charge >= 0.3 is 204 Å². The molecule has 9 rings (SSSR count). The molecule has 4 aliphatic rings. The van der Waals surface area contributed by atoms with Gasteiger partial charge < -0.3 is 14.5 Å². The molecule has 0 radical (unpaired) electrons. The topological polar surface area (TPSA) is 125 Å². The van der Waals surface area contributed by atoms with Gasteiger partial charge in [0.15, 0.2) is 5.82 Å². The van der Waals surface area contributed by atoms with E-state index >= 15 is 8.78 Å². The molecule has 5 aromatic rings. The van der Waals surface area contributed by atoms with Crippen molar-refractivity contribution >= 4 is 80.1 Å². The fraction of sp³-hybridized carbons (Fsp3) is 0.426. The van der Waals surface area contributed by atoms with Gasteiger partial charge in [-0.2, -0.15) is 5.10 Å². The number of thiazole rings is 1. The number of allylic oxidation sites excluding steroid dienone is 1. The number of aryl methyl sites for hydroxylation is 1. The van der Waals surface area contributed by atoms with E-state index in [9.17, 15) is 14.4 Å². The van der Waals surface area contributed by atoms with Crippen LogP contribution in [-0.4, -0.2) is 78.3 Å². The van der Waals surface area contributed by atoms with Gasteiger partial charge in [-0.1, -0.05) is 13.8 Å². The van der Waals surface area contributed by atoms with Crippen LogP contribution >= 0.6 is 31.4 Å². The Morgan fingerprint density at radius 3 is 2.63 bits per heavy atom. The van der Waals surface area contributed by atoms with Crippen LogP contribution in [0.2, 0.25) is 0 Å². The van der Waals surface area contributed by atoms with E-state index < -0.39 is 26.5 Å². The number of ether oxygens (including phenoxy) is 1. The van der Waals surface area contributed by atoms with Gasteiger partial charge in [0.2, 0.25) is 5.91 Å². The summed E-state index contributed by atoms with van der Waals surface area (Å²) >= 11 is -0.761. The number of hydrogen-bond acceptors (Lipinski definition) is 10. The Balaban J connectivity index is 0.00000268. The monoisotopic (exact) mass is 992 g/mol. The van der Waals surface area contributed by atoms with E-state index in [2.05, 4.69) is 36.8 Å². The molecular formula is C47H55F2IN8O4S. The Morgan fingerprint density at radius 2 is 1.89 bits per heavy atom. The smallest absolute Gasteiger partial charge is 0.0683 e. The first kappa shape index (κ1) is 44.8. The van der Waals surface area contributed by atoms with E-state index in [4.69, 9.17) is 14.8 Å². The first-order valence-electron chi connectivity index (χ1n) is 21.8. The number of nitrogens with one attached hydrogen (secondary N) is 2. The largest absolute Gasteiger partial charge is 0.0683 e. The van der Waals surface area contributed by atoms with Crippen molar-refractivity contribution in [2.45, 2.75) is 97.7 Å². The number of amides is 2. The summed E-state index contributed by atoms with van der Waals surface area (Å²) in [7, 11) is 2.01. The van der Waals surface area contributed by atoms with Crippen molar-refractivity contribution in [3.8, 4) is 11.1 Å². The molecule has 334 valence electrons. The number of rotatable bonds is 13. The first-order chi connectivity index (χ1) is 30.5. The molecule has 1 saturated heterocycles. The Kier molecular flexibility index (Phi) is 13.6. The van der Waals surface area contributed by atoms with Gasteiger partial charge in [-0.05, 0) is 37.3 Å². The van der Waals surface area contributed by atoms with Crippen molar-refractivity contribution in [1.29, 1.82) is 0 Å². The standard InChI is InChI=1S/C45H49F2IN8O4S.C2H6/c1-26(49-25-57)7-8-27(2)53(4)48-37-11-10-31(22-35(37)43(48)59)50-45-51-38-12-9-29(21-41(38)61-45)33-20-30-6-5-16-55(40(30)23-34(33)42(46)47)44-36-24-54(28(3)58)17-13-39(36)56(52-44)32-14-18-60-19-15-32;1-2/h9-12,20-23,25,27,32,42H,1,5-8,13-19,24H2,2-4H3,(H,49,57)(H,50,51);1-2H3. The third-order valence-corrected chi connectivity index (χ3v) is 19.3. The van der Waals surface area contributed by atoms with E-state index in [1.54, 1.807) is 13.0 Å². The minimum Gasteiger partial charge on any atom is -0.0683 e. The Labute approximate surface area is 378 Å². The molecule has 0 saturated carbocycles. The second-order valence-corrected chi connectivity index (χ2v) is 22.4. The average Bonchev–Trinajstić information content (AvgIpc) is 3.89. The normalized spacial score (nSPS) is 17.1. The quantitative estimate of drug-likeness (QED) is 0.0513. The summed E-state index contributed by atoms with van der Waals surface area (Å²) in [6, 6.07) is 15.6. The molecule has 1 fully saturated rings. The molecule has 2 N–H and O–H groups in total. The van der Waals surface area contributed by atoms with Crippen molar-refractivity contribution in [2.75, 3.05) is 43.6 Å². The van der Waals surface area contributed by atoms with Crippen molar-refractivity contribution in [1.82, 2.24) is 28.1 Å². The molecule has 1 unspecified atom stereocenters. The fourth-order valence-corrected chi connectivity index (χ4v) is 15.2. The van der Waals surface area contributed by atoms with Gasteiger partial charge in [0.25, 0.3) is 6.43 Å². The van der Waals surface area contributed by atoms with Gasteiger partial charge in [-0.25, -0.2) is 8.78 Å². The maximum atomic E-state index is 15.2. The Morgan fingerprint density at radius 1 is 1.10 bits per heavy atom. The zero-order chi connectivity index (χ0) is 44.5.